The van der Waals surface area contributed by atoms with Gasteiger partial charge in [-0.05, 0) is 48.2 Å². The van der Waals surface area contributed by atoms with Gasteiger partial charge in [-0.3, -0.25) is 19.5 Å². The van der Waals surface area contributed by atoms with E-state index in [-0.39, 0.29) is 11.7 Å². The van der Waals surface area contributed by atoms with Crippen LogP contribution in [-0.4, -0.2) is 21.7 Å². The number of anilines is 1. The number of carbonyl (C=O) groups excluding carboxylic acids is 2. The molecule has 0 spiro atoms. The number of hydrogen-bond acceptors (Lipinski definition) is 5. The number of fused-ring (bicyclic) bond motifs is 1. The molecule has 0 N–H and O–H groups in total. The first-order valence-corrected chi connectivity index (χ1v) is 11.0. The van der Waals surface area contributed by atoms with Crippen LogP contribution < -0.4 is 4.90 Å². The van der Waals surface area contributed by atoms with Crippen LogP contribution in [0, 0.1) is 0 Å². The lowest BCUT2D eigenvalue weighted by Gasteiger charge is -2.20. The fourth-order valence-electron chi connectivity index (χ4n) is 3.44. The summed E-state index contributed by atoms with van der Waals surface area (Å²) < 4.78 is 1.05. The van der Waals surface area contributed by atoms with Crippen molar-refractivity contribution in [3.63, 3.8) is 0 Å². The highest BCUT2D eigenvalue weighted by Crippen LogP contribution is 2.34. The second-order valence-electron chi connectivity index (χ2n) is 7.73. The minimum absolute atomic E-state index is 0.0291. The molecule has 0 fully saturated rings. The van der Waals surface area contributed by atoms with E-state index >= 15 is 0 Å². The van der Waals surface area contributed by atoms with Crippen molar-refractivity contribution < 1.29 is 9.59 Å². The largest absolute Gasteiger partial charge is 0.295 e. The summed E-state index contributed by atoms with van der Waals surface area (Å²) in [5, 5.41) is 0.646. The summed E-state index contributed by atoms with van der Waals surface area (Å²) in [4.78, 5) is 35.9. The van der Waals surface area contributed by atoms with E-state index < -0.39 is 0 Å². The van der Waals surface area contributed by atoms with E-state index in [1.807, 2.05) is 24.3 Å². The number of para-hydroxylation sites is 1. The Balaban J connectivity index is 1.77. The highest BCUT2D eigenvalue weighted by Gasteiger charge is 2.23. The maximum absolute atomic E-state index is 13.5. The molecule has 0 saturated carbocycles. The van der Waals surface area contributed by atoms with Crippen molar-refractivity contribution in [1.29, 1.82) is 0 Å². The van der Waals surface area contributed by atoms with Gasteiger partial charge in [0.15, 0.2) is 10.9 Å². The maximum Gasteiger partial charge on any atom is 0.260 e. The average molecular weight is 430 g/mol. The molecule has 31 heavy (non-hydrogen) atoms. The molecule has 0 unspecified atom stereocenters. The highest BCUT2D eigenvalue weighted by molar-refractivity contribution is 7.22. The normalized spacial score (nSPS) is 11.1. The zero-order chi connectivity index (χ0) is 22.0. The first-order valence-electron chi connectivity index (χ1n) is 10.1. The summed E-state index contributed by atoms with van der Waals surface area (Å²) in [6.45, 7) is 6.16. The molecule has 0 bridgehead atoms. The molecular weight excluding hydrogens is 406 g/mol. The van der Waals surface area contributed by atoms with Gasteiger partial charge >= 0.3 is 0 Å². The van der Waals surface area contributed by atoms with E-state index in [0.717, 1.165) is 15.8 Å². The molecule has 1 amide bonds. The monoisotopic (exact) mass is 429 g/mol. The Morgan fingerprint density at radius 3 is 2.39 bits per heavy atom. The van der Waals surface area contributed by atoms with Gasteiger partial charge in [0.2, 0.25) is 0 Å². The summed E-state index contributed by atoms with van der Waals surface area (Å²) in [5.74, 6) is 0.142. The van der Waals surface area contributed by atoms with Crippen molar-refractivity contribution in [3.8, 4) is 0 Å². The van der Waals surface area contributed by atoms with Crippen molar-refractivity contribution in [1.82, 2.24) is 9.97 Å². The second-order valence-corrected chi connectivity index (χ2v) is 8.74. The molecule has 2 heterocycles. The Bertz CT molecular complexity index is 1230. The fraction of sp³-hybridized carbons (Fsp3) is 0.200. The van der Waals surface area contributed by atoms with Crippen molar-refractivity contribution in [3.05, 3.63) is 89.2 Å². The molecule has 4 aromatic rings. The number of aromatic nitrogens is 2. The van der Waals surface area contributed by atoms with Crippen LogP contribution in [0.2, 0.25) is 0 Å². The molecule has 0 aliphatic rings. The molecule has 2 aromatic carbocycles. The lowest BCUT2D eigenvalue weighted by molar-refractivity contribution is 0.0981. The number of benzene rings is 2. The molecule has 6 heteroatoms. The van der Waals surface area contributed by atoms with E-state index in [1.165, 1.54) is 23.8 Å². The standard InChI is InChI=1S/C25H23N3O2S/c1-16(2)21-7-4-8-22-23(21)27-25(31-22)28(15-18-6-5-13-26-14-18)24(30)20-11-9-19(10-12-20)17(3)29/h4-14,16H,15H2,1-3H3. The number of carbonyl (C=O) groups is 2. The number of thiazole rings is 1. The zero-order valence-corrected chi connectivity index (χ0v) is 18.5. The number of Topliss-reactive ketones (excluding diaryl/α,β-unsaturated/α-hetero) is 1. The van der Waals surface area contributed by atoms with Gasteiger partial charge in [0, 0.05) is 23.5 Å². The Kier molecular flexibility index (Phi) is 5.91. The van der Waals surface area contributed by atoms with Crippen molar-refractivity contribution in [2.75, 3.05) is 4.90 Å². The van der Waals surface area contributed by atoms with E-state index in [4.69, 9.17) is 4.98 Å². The van der Waals surface area contributed by atoms with Crippen LogP contribution in [0.4, 0.5) is 5.13 Å². The van der Waals surface area contributed by atoms with Crippen molar-refractivity contribution >= 4 is 38.4 Å². The third kappa shape index (κ3) is 4.39. The van der Waals surface area contributed by atoms with Gasteiger partial charge in [-0.1, -0.05) is 55.5 Å². The van der Waals surface area contributed by atoms with Crippen LogP contribution >= 0.6 is 11.3 Å². The molecule has 2 aromatic heterocycles. The van der Waals surface area contributed by atoms with Crippen LogP contribution in [0.1, 0.15) is 58.5 Å². The molecule has 0 atom stereocenters. The number of rotatable bonds is 6. The van der Waals surface area contributed by atoms with Crippen molar-refractivity contribution in [2.45, 2.75) is 33.2 Å². The smallest absolute Gasteiger partial charge is 0.260 e. The molecule has 0 aliphatic carbocycles. The molecular formula is C25H23N3O2S. The van der Waals surface area contributed by atoms with E-state index in [9.17, 15) is 9.59 Å². The minimum atomic E-state index is -0.163. The van der Waals surface area contributed by atoms with Gasteiger partial charge in [0.25, 0.3) is 5.91 Å². The summed E-state index contributed by atoms with van der Waals surface area (Å²) >= 11 is 1.51. The predicted molar refractivity (Wildman–Crippen MR) is 125 cm³/mol. The third-order valence-electron chi connectivity index (χ3n) is 5.14. The number of hydrogen-bond donors (Lipinski definition) is 0. The highest BCUT2D eigenvalue weighted by atomic mass is 32.1. The van der Waals surface area contributed by atoms with Gasteiger partial charge < -0.3 is 0 Å². The summed E-state index contributed by atoms with van der Waals surface area (Å²) in [6.07, 6.45) is 3.47. The van der Waals surface area contributed by atoms with Crippen LogP contribution in [0.15, 0.2) is 67.0 Å². The summed E-state index contributed by atoms with van der Waals surface area (Å²) in [6, 6.07) is 16.7. The maximum atomic E-state index is 13.5. The lowest BCUT2D eigenvalue weighted by atomic mass is 10.0. The average Bonchev–Trinajstić information content (AvgIpc) is 3.21. The second kappa shape index (κ2) is 8.78. The van der Waals surface area contributed by atoms with Crippen LogP contribution in [0.5, 0.6) is 0 Å². The Morgan fingerprint density at radius 2 is 1.74 bits per heavy atom. The van der Waals surface area contributed by atoms with Gasteiger partial charge in [0.05, 0.1) is 16.8 Å². The first-order chi connectivity index (χ1) is 14.9. The van der Waals surface area contributed by atoms with E-state index in [0.29, 0.717) is 28.7 Å². The van der Waals surface area contributed by atoms with Crippen LogP contribution in [-0.2, 0) is 6.54 Å². The predicted octanol–water partition coefficient (Wildman–Crippen LogP) is 5.86. The number of ketones is 1. The Hall–Kier alpha value is -3.38. The Labute approximate surface area is 185 Å². The van der Waals surface area contributed by atoms with Gasteiger partial charge in [-0.2, -0.15) is 0 Å². The molecule has 5 nitrogen and oxygen atoms in total. The quantitative estimate of drug-likeness (QED) is 0.360. The lowest BCUT2D eigenvalue weighted by Crippen LogP contribution is -2.30. The molecule has 4 rings (SSSR count). The van der Waals surface area contributed by atoms with Gasteiger partial charge in [-0.25, -0.2) is 4.98 Å². The number of pyridine rings is 1. The van der Waals surface area contributed by atoms with Gasteiger partial charge in [0.1, 0.15) is 0 Å². The van der Waals surface area contributed by atoms with Crippen LogP contribution in [0.3, 0.4) is 0 Å². The zero-order valence-electron chi connectivity index (χ0n) is 17.7. The van der Waals surface area contributed by atoms with E-state index in [2.05, 4.69) is 24.9 Å². The van der Waals surface area contributed by atoms with Crippen molar-refractivity contribution in [2.24, 2.45) is 0 Å². The Morgan fingerprint density at radius 1 is 1.00 bits per heavy atom. The topological polar surface area (TPSA) is 63.2 Å². The SMILES string of the molecule is CC(=O)c1ccc(C(=O)N(Cc2cccnc2)c2nc3c(C(C)C)cccc3s2)cc1. The fourth-order valence-corrected chi connectivity index (χ4v) is 4.44. The molecule has 0 radical (unpaired) electrons. The van der Waals surface area contributed by atoms with Gasteiger partial charge in [-0.15, -0.1) is 0 Å². The van der Waals surface area contributed by atoms with E-state index in [1.54, 1.807) is 41.6 Å². The minimum Gasteiger partial charge on any atom is -0.295 e. The summed E-state index contributed by atoms with van der Waals surface area (Å²) in [7, 11) is 0. The van der Waals surface area contributed by atoms with Crippen LogP contribution in [0.25, 0.3) is 10.2 Å². The molecule has 0 aliphatic heterocycles. The first kappa shape index (κ1) is 20.9. The number of amides is 1. The number of nitrogens with zero attached hydrogens (tertiary/aromatic N) is 3. The summed E-state index contributed by atoms with van der Waals surface area (Å²) in [5.41, 5.74) is 4.11. The molecule has 156 valence electrons. The third-order valence-corrected chi connectivity index (χ3v) is 6.18. The molecule has 0 saturated heterocycles.